The molecular formula is C26H38N4O2. The van der Waals surface area contributed by atoms with E-state index in [0.717, 1.165) is 75.4 Å². The summed E-state index contributed by atoms with van der Waals surface area (Å²) in [4.78, 5) is 22.0. The van der Waals surface area contributed by atoms with Crippen molar-refractivity contribution in [3.63, 3.8) is 0 Å². The number of nitrogens with zero attached hydrogens (tertiary/aromatic N) is 3. The lowest BCUT2D eigenvalue weighted by molar-refractivity contribution is -0.0166. The van der Waals surface area contributed by atoms with Crippen LogP contribution in [0.25, 0.3) is 0 Å². The largest absolute Gasteiger partial charge is 0.490 e. The fourth-order valence-electron chi connectivity index (χ4n) is 7.97. The number of aromatic nitrogens is 1. The zero-order valence-corrected chi connectivity index (χ0v) is 19.3. The molecule has 32 heavy (non-hydrogen) atoms. The Bertz CT molecular complexity index is 764. The van der Waals surface area contributed by atoms with Gasteiger partial charge in [-0.3, -0.25) is 9.88 Å². The summed E-state index contributed by atoms with van der Waals surface area (Å²) in [6, 6.07) is 4.71. The Labute approximate surface area is 192 Å². The number of ether oxygens (including phenoxy) is 1. The second kappa shape index (κ2) is 8.51. The van der Waals surface area contributed by atoms with Gasteiger partial charge in [0.05, 0.1) is 0 Å². The summed E-state index contributed by atoms with van der Waals surface area (Å²) in [6.07, 6.45) is 16.2. The fraction of sp³-hybridized carbons (Fsp3) is 0.769. The van der Waals surface area contributed by atoms with Crippen LogP contribution in [0.5, 0.6) is 5.75 Å². The third-order valence-corrected chi connectivity index (χ3v) is 9.11. The lowest BCUT2D eigenvalue weighted by atomic mass is 9.53. The number of pyridine rings is 1. The molecule has 4 saturated carbocycles. The second-order valence-corrected chi connectivity index (χ2v) is 11.4. The van der Waals surface area contributed by atoms with Crippen molar-refractivity contribution in [2.24, 2.45) is 17.8 Å². The number of likely N-dealkylation sites (tertiary alicyclic amines) is 2. The predicted molar refractivity (Wildman–Crippen MR) is 123 cm³/mol. The van der Waals surface area contributed by atoms with Gasteiger partial charge >= 0.3 is 6.03 Å². The maximum absolute atomic E-state index is 13.2. The molecule has 6 heteroatoms. The lowest BCUT2D eigenvalue weighted by Crippen LogP contribution is -2.62. The molecule has 3 heterocycles. The van der Waals surface area contributed by atoms with E-state index in [4.69, 9.17) is 4.74 Å². The number of nitrogens with one attached hydrogen (secondary N) is 1. The molecule has 2 aliphatic heterocycles. The number of rotatable bonds is 4. The highest BCUT2D eigenvalue weighted by Gasteiger charge is 2.52. The van der Waals surface area contributed by atoms with Crippen LogP contribution in [0.4, 0.5) is 4.79 Å². The predicted octanol–water partition coefficient (Wildman–Crippen LogP) is 4.07. The summed E-state index contributed by atoms with van der Waals surface area (Å²) < 4.78 is 6.13. The zero-order chi connectivity index (χ0) is 21.5. The van der Waals surface area contributed by atoms with Gasteiger partial charge in [-0.25, -0.2) is 4.79 Å². The van der Waals surface area contributed by atoms with Crippen LogP contribution in [-0.2, 0) is 0 Å². The van der Waals surface area contributed by atoms with Crippen LogP contribution in [0.1, 0.15) is 64.2 Å². The van der Waals surface area contributed by atoms with E-state index >= 15 is 0 Å². The Morgan fingerprint density at radius 3 is 2.09 bits per heavy atom. The number of carbonyl (C=O) groups excluding carboxylic acids is 1. The number of urea groups is 1. The van der Waals surface area contributed by atoms with Crippen LogP contribution in [0, 0.1) is 17.8 Å². The van der Waals surface area contributed by atoms with Crippen LogP contribution >= 0.6 is 0 Å². The van der Waals surface area contributed by atoms with Crippen molar-refractivity contribution >= 4 is 6.03 Å². The molecule has 0 spiro atoms. The van der Waals surface area contributed by atoms with Crippen LogP contribution in [0.3, 0.4) is 0 Å². The smallest absolute Gasteiger partial charge is 0.317 e. The highest BCUT2D eigenvalue weighted by atomic mass is 16.5. The topological polar surface area (TPSA) is 57.7 Å². The maximum Gasteiger partial charge on any atom is 0.317 e. The van der Waals surface area contributed by atoms with Crippen molar-refractivity contribution in [3.8, 4) is 5.75 Å². The minimum absolute atomic E-state index is 0.124. The number of amides is 2. The molecule has 0 aromatic carbocycles. The number of hydrogen-bond donors (Lipinski definition) is 1. The summed E-state index contributed by atoms with van der Waals surface area (Å²) >= 11 is 0. The standard InChI is InChI=1S/C26H38N4O2/c31-25(28-26-16-19-13-20(17-26)15-21(14-19)18-26)30-9-3-22(4-10-30)29-11-5-24(6-12-29)32-23-1-7-27-8-2-23/h1-2,7-8,19-22,24H,3-6,9-18H2,(H,28,31). The van der Waals surface area contributed by atoms with Crippen molar-refractivity contribution in [2.45, 2.75) is 81.9 Å². The van der Waals surface area contributed by atoms with Gasteiger partial charge in [0.1, 0.15) is 11.9 Å². The van der Waals surface area contributed by atoms with Gasteiger partial charge in [0, 0.05) is 50.2 Å². The average molecular weight is 439 g/mol. The van der Waals surface area contributed by atoms with Gasteiger partial charge in [-0.15, -0.1) is 0 Å². The molecule has 174 valence electrons. The maximum atomic E-state index is 13.2. The van der Waals surface area contributed by atoms with E-state index in [9.17, 15) is 4.79 Å². The molecule has 0 radical (unpaired) electrons. The number of piperidine rings is 2. The van der Waals surface area contributed by atoms with Crippen LogP contribution in [0.15, 0.2) is 24.5 Å². The van der Waals surface area contributed by atoms with Crippen LogP contribution in [0.2, 0.25) is 0 Å². The summed E-state index contributed by atoms with van der Waals surface area (Å²) in [5.74, 6) is 3.55. The van der Waals surface area contributed by atoms with Crippen LogP contribution in [-0.4, -0.2) is 64.7 Å². The molecule has 1 aromatic rings. The Kier molecular flexibility index (Phi) is 5.52. The molecule has 4 bridgehead atoms. The van der Waals surface area contributed by atoms with Gasteiger partial charge < -0.3 is 15.0 Å². The second-order valence-electron chi connectivity index (χ2n) is 11.4. The van der Waals surface area contributed by atoms with Crippen molar-refractivity contribution in [2.75, 3.05) is 26.2 Å². The van der Waals surface area contributed by atoms with Crippen molar-refractivity contribution < 1.29 is 9.53 Å². The van der Waals surface area contributed by atoms with E-state index in [1.165, 1.54) is 38.5 Å². The van der Waals surface area contributed by atoms with E-state index in [2.05, 4.69) is 20.1 Å². The number of carbonyl (C=O) groups is 1. The monoisotopic (exact) mass is 438 g/mol. The zero-order valence-electron chi connectivity index (χ0n) is 19.3. The molecule has 1 aromatic heterocycles. The first-order valence-electron chi connectivity index (χ1n) is 13.0. The molecule has 0 unspecified atom stereocenters. The first kappa shape index (κ1) is 20.8. The molecule has 2 saturated heterocycles. The van der Waals surface area contributed by atoms with Crippen molar-refractivity contribution in [1.82, 2.24) is 20.1 Å². The van der Waals surface area contributed by atoms with Gasteiger partial charge in [-0.1, -0.05) is 0 Å². The summed E-state index contributed by atoms with van der Waals surface area (Å²) in [7, 11) is 0. The Balaban J connectivity index is 0.963. The first-order chi connectivity index (χ1) is 15.6. The molecule has 7 rings (SSSR count). The third kappa shape index (κ3) is 4.23. The quantitative estimate of drug-likeness (QED) is 0.770. The van der Waals surface area contributed by atoms with Gasteiger partial charge in [0.15, 0.2) is 0 Å². The summed E-state index contributed by atoms with van der Waals surface area (Å²) in [6.45, 7) is 3.99. The highest BCUT2D eigenvalue weighted by Crippen LogP contribution is 2.55. The molecule has 4 aliphatic carbocycles. The summed E-state index contributed by atoms with van der Waals surface area (Å²) in [5, 5.41) is 3.57. The average Bonchev–Trinajstić information content (AvgIpc) is 2.79. The van der Waals surface area contributed by atoms with Gasteiger partial charge in [-0.2, -0.15) is 0 Å². The van der Waals surface area contributed by atoms with E-state index in [1.807, 2.05) is 12.1 Å². The molecule has 0 atom stereocenters. The van der Waals surface area contributed by atoms with Gasteiger partial charge in [0.25, 0.3) is 0 Å². The normalized spacial score (nSPS) is 35.8. The molecule has 1 N–H and O–H groups in total. The fourth-order valence-corrected chi connectivity index (χ4v) is 7.97. The lowest BCUT2D eigenvalue weighted by Gasteiger charge is -2.57. The van der Waals surface area contributed by atoms with Crippen molar-refractivity contribution in [1.29, 1.82) is 0 Å². The van der Waals surface area contributed by atoms with E-state index in [1.54, 1.807) is 12.4 Å². The Hall–Kier alpha value is -1.82. The first-order valence-corrected chi connectivity index (χ1v) is 13.0. The SMILES string of the molecule is O=C(NC12CC3CC(CC(C3)C1)C2)N1CCC(N2CCC(Oc3ccncc3)CC2)CC1. The minimum atomic E-state index is 0.124. The Morgan fingerprint density at radius 1 is 0.906 bits per heavy atom. The van der Waals surface area contributed by atoms with E-state index in [0.29, 0.717) is 12.1 Å². The molecule has 2 amide bonds. The minimum Gasteiger partial charge on any atom is -0.490 e. The third-order valence-electron chi connectivity index (χ3n) is 9.11. The molecular weight excluding hydrogens is 400 g/mol. The number of hydrogen-bond acceptors (Lipinski definition) is 4. The summed E-state index contributed by atoms with van der Waals surface area (Å²) in [5.41, 5.74) is 0.124. The highest BCUT2D eigenvalue weighted by molar-refractivity contribution is 5.75. The molecule has 6 fully saturated rings. The van der Waals surface area contributed by atoms with Gasteiger partial charge in [0.2, 0.25) is 0 Å². The Morgan fingerprint density at radius 2 is 1.50 bits per heavy atom. The molecule has 6 aliphatic rings. The molecule has 6 nitrogen and oxygen atoms in total. The van der Waals surface area contributed by atoms with E-state index in [-0.39, 0.29) is 11.6 Å². The van der Waals surface area contributed by atoms with E-state index < -0.39 is 0 Å². The van der Waals surface area contributed by atoms with Gasteiger partial charge in [-0.05, 0) is 94.1 Å². The van der Waals surface area contributed by atoms with Crippen molar-refractivity contribution in [3.05, 3.63) is 24.5 Å². The van der Waals surface area contributed by atoms with Crippen LogP contribution < -0.4 is 10.1 Å².